The van der Waals surface area contributed by atoms with Crippen LogP contribution >= 0.6 is 0 Å². The zero-order valence-corrected chi connectivity index (χ0v) is 23.9. The highest BCUT2D eigenvalue weighted by Crippen LogP contribution is 2.48. The lowest BCUT2D eigenvalue weighted by Crippen LogP contribution is -2.59. The van der Waals surface area contributed by atoms with E-state index in [9.17, 15) is 44.7 Å². The van der Waals surface area contributed by atoms with Crippen molar-refractivity contribution in [2.24, 2.45) is 5.41 Å². The number of esters is 1. The first-order valence-corrected chi connectivity index (χ1v) is 13.0. The topological polar surface area (TPSA) is 65.7 Å². The average Bonchev–Trinajstić information content (AvgIpc) is 2.88. The second kappa shape index (κ2) is 11.5. The molecule has 0 saturated heterocycles. The molecule has 43 heavy (non-hydrogen) atoms. The van der Waals surface area contributed by atoms with Gasteiger partial charge in [0.05, 0.1) is 5.56 Å². The summed E-state index contributed by atoms with van der Waals surface area (Å²) in [6, 6.07) is 13.2. The summed E-state index contributed by atoms with van der Waals surface area (Å²) in [5, 5.41) is 0.329. The van der Waals surface area contributed by atoms with Crippen LogP contribution < -0.4 is 10.4 Å². The molecule has 1 aromatic heterocycles. The van der Waals surface area contributed by atoms with Crippen molar-refractivity contribution in [2.45, 2.75) is 70.1 Å². The van der Waals surface area contributed by atoms with E-state index in [2.05, 4.69) is 9.47 Å². The molecule has 13 heteroatoms. The minimum atomic E-state index is -6.12. The Labute approximate surface area is 241 Å². The maximum Gasteiger partial charge on any atom is 0.378 e. The first-order valence-electron chi connectivity index (χ1n) is 13.0. The predicted molar refractivity (Wildman–Crippen MR) is 142 cm³/mol. The lowest BCUT2D eigenvalue weighted by molar-refractivity contribution is -0.323. The van der Waals surface area contributed by atoms with E-state index in [1.807, 2.05) is 0 Å². The quantitative estimate of drug-likeness (QED) is 0.116. The molecule has 0 saturated carbocycles. The first-order chi connectivity index (χ1) is 19.5. The van der Waals surface area contributed by atoms with Crippen LogP contribution in [0.25, 0.3) is 22.1 Å². The number of alkyl halides is 8. The number of halogens is 8. The van der Waals surface area contributed by atoms with Crippen LogP contribution in [0.3, 0.4) is 0 Å². The Kier molecular flexibility index (Phi) is 9.02. The highest BCUT2D eigenvalue weighted by Gasteiger charge is 2.72. The largest absolute Gasteiger partial charge is 0.487 e. The van der Waals surface area contributed by atoms with Crippen molar-refractivity contribution in [1.82, 2.24) is 0 Å². The summed E-state index contributed by atoms with van der Waals surface area (Å²) in [5.74, 6) is -19.6. The van der Waals surface area contributed by atoms with Gasteiger partial charge in [0.25, 0.3) is 0 Å². The molecule has 0 bridgehead atoms. The summed E-state index contributed by atoms with van der Waals surface area (Å²) < 4.78 is 130. The number of ether oxygens (including phenoxy) is 2. The van der Waals surface area contributed by atoms with Crippen LogP contribution in [0.2, 0.25) is 0 Å². The van der Waals surface area contributed by atoms with Gasteiger partial charge < -0.3 is 13.9 Å². The maximum absolute atomic E-state index is 14.8. The number of hydrogen-bond donors (Lipinski definition) is 0. The van der Waals surface area contributed by atoms with Gasteiger partial charge in [-0.05, 0) is 64.8 Å². The first kappa shape index (κ1) is 33.9. The van der Waals surface area contributed by atoms with E-state index in [0.717, 1.165) is 46.8 Å². The maximum atomic E-state index is 14.8. The Balaban J connectivity index is 1.75. The van der Waals surface area contributed by atoms with E-state index in [0.29, 0.717) is 10.9 Å². The van der Waals surface area contributed by atoms with Crippen molar-refractivity contribution in [1.29, 1.82) is 0 Å². The number of rotatable bonds is 12. The third kappa shape index (κ3) is 7.13. The molecular formula is C30H30F8O5. The Morgan fingerprint density at radius 1 is 0.791 bits per heavy atom. The van der Waals surface area contributed by atoms with Gasteiger partial charge in [0.2, 0.25) is 0 Å². The molecule has 236 valence electrons. The van der Waals surface area contributed by atoms with Crippen LogP contribution in [0.4, 0.5) is 35.1 Å². The second-order valence-electron chi connectivity index (χ2n) is 11.6. The predicted octanol–water partition coefficient (Wildman–Crippen LogP) is 8.18. The van der Waals surface area contributed by atoms with Gasteiger partial charge in [-0.2, -0.15) is 26.3 Å². The van der Waals surface area contributed by atoms with Gasteiger partial charge in [-0.15, -0.1) is 0 Å². The molecule has 1 unspecified atom stereocenters. The summed E-state index contributed by atoms with van der Waals surface area (Å²) >= 11 is 0. The van der Waals surface area contributed by atoms with Crippen molar-refractivity contribution < 1.29 is 53.8 Å². The van der Waals surface area contributed by atoms with E-state index < -0.39 is 71.5 Å². The number of carbonyl (C=O) groups is 1. The van der Waals surface area contributed by atoms with E-state index in [4.69, 9.17) is 4.42 Å². The fourth-order valence-electron chi connectivity index (χ4n) is 4.30. The summed E-state index contributed by atoms with van der Waals surface area (Å²) in [6.45, 7) is -0.331. The molecule has 5 nitrogen and oxygen atoms in total. The Morgan fingerprint density at radius 3 is 1.93 bits per heavy atom. The summed E-state index contributed by atoms with van der Waals surface area (Å²) in [5.41, 5.74) is -7.39. The SMILES string of the molecule is CC(C)(F)CC(C)(C(=O)OCC(F)(F)C(F)(F)C(F)(F)COc1ccc2cc(-c3ccccc3)c(=O)oc2c1)C(C)(C)F. The van der Waals surface area contributed by atoms with E-state index in [1.54, 1.807) is 30.3 Å². The van der Waals surface area contributed by atoms with Gasteiger partial charge in [-0.3, -0.25) is 4.79 Å². The number of carbonyl (C=O) groups excluding carboxylic acids is 1. The van der Waals surface area contributed by atoms with Crippen molar-refractivity contribution in [2.75, 3.05) is 13.2 Å². The smallest absolute Gasteiger partial charge is 0.378 e. The molecule has 0 fully saturated rings. The molecule has 0 amide bonds. The Hall–Kier alpha value is -3.64. The molecule has 0 N–H and O–H groups in total. The number of fused-ring (bicyclic) bond motifs is 1. The molecule has 3 rings (SSSR count). The number of hydrogen-bond acceptors (Lipinski definition) is 5. The van der Waals surface area contributed by atoms with Crippen molar-refractivity contribution >= 4 is 16.9 Å². The van der Waals surface area contributed by atoms with Crippen molar-refractivity contribution in [3.05, 3.63) is 65.0 Å². The van der Waals surface area contributed by atoms with Gasteiger partial charge in [0.15, 0.2) is 13.2 Å². The lowest BCUT2D eigenvalue weighted by atomic mass is 9.70. The van der Waals surface area contributed by atoms with Gasteiger partial charge >= 0.3 is 29.4 Å². The summed E-state index contributed by atoms with van der Waals surface area (Å²) in [4.78, 5) is 24.9. The highest BCUT2D eigenvalue weighted by atomic mass is 19.3. The third-order valence-corrected chi connectivity index (χ3v) is 7.05. The standard InChI is InChI=1S/C30H30F8O5/c1-25(2,31)15-27(5,26(3,4)32)24(40)42-17-29(35,36)30(37,38)28(33,34)16-41-20-12-11-19-13-21(18-9-7-6-8-10-18)23(39)43-22(19)14-20/h6-14H,15-17H2,1-5H3. The normalized spacial score (nSPS) is 14.8. The zero-order valence-electron chi connectivity index (χ0n) is 23.9. The molecule has 1 heterocycles. The van der Waals surface area contributed by atoms with Crippen LogP contribution in [0, 0.1) is 5.41 Å². The van der Waals surface area contributed by atoms with E-state index >= 15 is 0 Å². The highest BCUT2D eigenvalue weighted by molar-refractivity contribution is 5.82. The van der Waals surface area contributed by atoms with Crippen LogP contribution in [0.1, 0.15) is 41.0 Å². The monoisotopic (exact) mass is 622 g/mol. The third-order valence-electron chi connectivity index (χ3n) is 7.05. The molecular weight excluding hydrogens is 592 g/mol. The van der Waals surface area contributed by atoms with Crippen molar-refractivity contribution in [3.63, 3.8) is 0 Å². The van der Waals surface area contributed by atoms with Gasteiger partial charge in [0.1, 0.15) is 28.1 Å². The second-order valence-corrected chi connectivity index (χ2v) is 11.6. The van der Waals surface area contributed by atoms with Gasteiger partial charge in [-0.1, -0.05) is 30.3 Å². The molecule has 3 aromatic rings. The summed E-state index contributed by atoms with van der Waals surface area (Å²) in [6.07, 6.45) is -0.881. The summed E-state index contributed by atoms with van der Waals surface area (Å²) in [7, 11) is 0. The zero-order chi connectivity index (χ0) is 32.6. The van der Waals surface area contributed by atoms with Crippen LogP contribution in [-0.2, 0) is 9.53 Å². The molecule has 0 spiro atoms. The molecule has 0 aliphatic rings. The fourth-order valence-corrected chi connectivity index (χ4v) is 4.30. The molecule has 0 aliphatic carbocycles. The molecule has 0 aliphatic heterocycles. The van der Waals surface area contributed by atoms with Crippen LogP contribution in [0.15, 0.2) is 63.8 Å². The van der Waals surface area contributed by atoms with Gasteiger partial charge in [0, 0.05) is 11.5 Å². The van der Waals surface area contributed by atoms with Gasteiger partial charge in [-0.25, -0.2) is 13.6 Å². The number of benzene rings is 2. The minimum Gasteiger partial charge on any atom is -0.487 e. The Bertz CT molecular complexity index is 1510. The van der Waals surface area contributed by atoms with Crippen LogP contribution in [-0.4, -0.2) is 48.3 Å². The molecule has 2 aromatic carbocycles. The molecule has 0 radical (unpaired) electrons. The minimum absolute atomic E-state index is 0.148. The Morgan fingerprint density at radius 2 is 1.37 bits per heavy atom. The van der Waals surface area contributed by atoms with E-state index in [1.165, 1.54) is 12.1 Å². The lowest BCUT2D eigenvalue weighted by Gasteiger charge is -2.39. The average molecular weight is 623 g/mol. The van der Waals surface area contributed by atoms with E-state index in [-0.39, 0.29) is 11.1 Å². The van der Waals surface area contributed by atoms with Crippen LogP contribution in [0.5, 0.6) is 5.75 Å². The van der Waals surface area contributed by atoms with Crippen molar-refractivity contribution in [3.8, 4) is 16.9 Å². The fraction of sp³-hybridized carbons (Fsp3) is 0.467. The molecule has 1 atom stereocenters.